The second-order valence-corrected chi connectivity index (χ2v) is 5.04. The molecule has 0 bridgehead atoms. The molecule has 1 saturated heterocycles. The first kappa shape index (κ1) is 13.3. The summed E-state index contributed by atoms with van der Waals surface area (Å²) in [6.45, 7) is 3.69. The van der Waals surface area contributed by atoms with Crippen LogP contribution < -0.4 is 4.90 Å². The molecule has 18 heavy (non-hydrogen) atoms. The number of nitrogens with zero attached hydrogens (tertiary/aromatic N) is 2. The van der Waals surface area contributed by atoms with Crippen LogP contribution in [0.1, 0.15) is 5.56 Å². The Morgan fingerprint density at radius 2 is 2.44 bits per heavy atom. The average Bonchev–Trinajstić information content (AvgIpc) is 2.38. The molecule has 5 nitrogen and oxygen atoms in total. The van der Waals surface area contributed by atoms with Crippen LogP contribution in [0.15, 0.2) is 16.7 Å². The molecule has 1 aliphatic heterocycles. The van der Waals surface area contributed by atoms with Gasteiger partial charge in [-0.2, -0.15) is 0 Å². The highest BCUT2D eigenvalue weighted by molar-refractivity contribution is 9.10. The summed E-state index contributed by atoms with van der Waals surface area (Å²) in [6.07, 6.45) is 1.22. The van der Waals surface area contributed by atoms with Crippen molar-refractivity contribution >= 4 is 27.7 Å². The molecule has 2 rings (SSSR count). The highest BCUT2D eigenvalue weighted by Crippen LogP contribution is 2.22. The smallest absolute Gasteiger partial charge is 0.336 e. The van der Waals surface area contributed by atoms with Gasteiger partial charge in [0.2, 0.25) is 0 Å². The molecular weight excluding hydrogens is 300 g/mol. The van der Waals surface area contributed by atoms with Gasteiger partial charge in [0, 0.05) is 17.2 Å². The van der Waals surface area contributed by atoms with E-state index in [1.54, 1.807) is 6.20 Å². The Morgan fingerprint density at radius 3 is 3.11 bits per heavy atom. The molecule has 1 fully saturated rings. The zero-order valence-electron chi connectivity index (χ0n) is 10.4. The zero-order valence-corrected chi connectivity index (χ0v) is 11.9. The quantitative estimate of drug-likeness (QED) is 0.775. The van der Waals surface area contributed by atoms with Gasteiger partial charge in [0.25, 0.3) is 0 Å². The van der Waals surface area contributed by atoms with E-state index in [2.05, 4.69) is 20.9 Å². The van der Waals surface area contributed by atoms with E-state index in [1.165, 1.54) is 7.11 Å². The van der Waals surface area contributed by atoms with Crippen molar-refractivity contribution in [2.75, 3.05) is 31.7 Å². The van der Waals surface area contributed by atoms with Crippen molar-refractivity contribution in [3.63, 3.8) is 0 Å². The van der Waals surface area contributed by atoms with E-state index in [-0.39, 0.29) is 5.97 Å². The van der Waals surface area contributed by atoms with E-state index in [1.807, 2.05) is 17.9 Å². The van der Waals surface area contributed by atoms with Gasteiger partial charge in [-0.15, -0.1) is 0 Å². The Bertz CT molecular complexity index is 453. The van der Waals surface area contributed by atoms with Crippen LogP contribution in [-0.4, -0.2) is 43.9 Å². The summed E-state index contributed by atoms with van der Waals surface area (Å²) in [5.41, 5.74) is 1.06. The van der Waals surface area contributed by atoms with Crippen molar-refractivity contribution < 1.29 is 14.3 Å². The van der Waals surface area contributed by atoms with Gasteiger partial charge in [-0.05, 0) is 34.5 Å². The SMILES string of the molecule is COC(=O)C1CN(c2ncc(Br)cc2C)CCO1. The maximum absolute atomic E-state index is 11.5. The molecule has 0 amide bonds. The monoisotopic (exact) mass is 314 g/mol. The number of aromatic nitrogens is 1. The zero-order chi connectivity index (χ0) is 13.1. The Labute approximate surface area is 114 Å². The number of ether oxygens (including phenoxy) is 2. The first-order valence-corrected chi connectivity index (χ1v) is 6.47. The molecule has 6 heteroatoms. The van der Waals surface area contributed by atoms with Crippen molar-refractivity contribution in [1.82, 2.24) is 4.98 Å². The number of rotatable bonds is 2. The third-order valence-corrected chi connectivity index (χ3v) is 3.28. The van der Waals surface area contributed by atoms with Crippen LogP contribution in [0, 0.1) is 6.92 Å². The lowest BCUT2D eigenvalue weighted by Gasteiger charge is -2.33. The number of methoxy groups -OCH3 is 1. The van der Waals surface area contributed by atoms with Crippen LogP contribution in [0.4, 0.5) is 5.82 Å². The molecule has 0 saturated carbocycles. The fourth-order valence-corrected chi connectivity index (χ4v) is 2.43. The van der Waals surface area contributed by atoms with Crippen molar-refractivity contribution in [1.29, 1.82) is 0 Å². The lowest BCUT2D eigenvalue weighted by molar-refractivity contribution is -0.154. The van der Waals surface area contributed by atoms with E-state index < -0.39 is 6.10 Å². The minimum absolute atomic E-state index is 0.338. The summed E-state index contributed by atoms with van der Waals surface area (Å²) in [5.74, 6) is 0.546. The van der Waals surface area contributed by atoms with Crippen LogP contribution in [0.3, 0.4) is 0 Å². The van der Waals surface area contributed by atoms with Gasteiger partial charge in [0.05, 0.1) is 20.3 Å². The van der Waals surface area contributed by atoms with Crippen molar-refractivity contribution in [3.05, 3.63) is 22.3 Å². The van der Waals surface area contributed by atoms with E-state index >= 15 is 0 Å². The summed E-state index contributed by atoms with van der Waals surface area (Å²) in [7, 11) is 1.37. The highest BCUT2D eigenvalue weighted by atomic mass is 79.9. The minimum Gasteiger partial charge on any atom is -0.467 e. The number of carbonyl (C=O) groups is 1. The van der Waals surface area contributed by atoms with Gasteiger partial charge in [-0.3, -0.25) is 0 Å². The van der Waals surface area contributed by atoms with Gasteiger partial charge < -0.3 is 14.4 Å². The molecule has 2 heterocycles. The molecule has 0 radical (unpaired) electrons. The van der Waals surface area contributed by atoms with E-state index in [9.17, 15) is 4.79 Å². The summed E-state index contributed by atoms with van der Waals surface area (Å²) in [6, 6.07) is 2.00. The van der Waals surface area contributed by atoms with Crippen LogP contribution in [-0.2, 0) is 14.3 Å². The van der Waals surface area contributed by atoms with Crippen LogP contribution in [0.25, 0.3) is 0 Å². The van der Waals surface area contributed by atoms with Gasteiger partial charge >= 0.3 is 5.97 Å². The normalized spacial score (nSPS) is 19.7. The molecule has 1 aliphatic rings. The molecule has 1 atom stereocenters. The lowest BCUT2D eigenvalue weighted by atomic mass is 10.2. The van der Waals surface area contributed by atoms with E-state index in [0.29, 0.717) is 13.2 Å². The molecule has 0 spiro atoms. The Hall–Kier alpha value is -1.14. The predicted molar refractivity (Wildman–Crippen MR) is 70.6 cm³/mol. The highest BCUT2D eigenvalue weighted by Gasteiger charge is 2.28. The van der Waals surface area contributed by atoms with Gasteiger partial charge in [0.15, 0.2) is 6.10 Å². The first-order valence-electron chi connectivity index (χ1n) is 5.68. The molecule has 0 N–H and O–H groups in total. The summed E-state index contributed by atoms with van der Waals surface area (Å²) in [4.78, 5) is 17.9. The summed E-state index contributed by atoms with van der Waals surface area (Å²) in [5, 5.41) is 0. The average molecular weight is 315 g/mol. The topological polar surface area (TPSA) is 51.7 Å². The Balaban J connectivity index is 2.15. The van der Waals surface area contributed by atoms with E-state index in [4.69, 9.17) is 9.47 Å². The van der Waals surface area contributed by atoms with Crippen LogP contribution >= 0.6 is 15.9 Å². The fourth-order valence-electron chi connectivity index (χ4n) is 1.98. The number of esters is 1. The summed E-state index contributed by atoms with van der Waals surface area (Å²) >= 11 is 3.39. The minimum atomic E-state index is -0.534. The maximum Gasteiger partial charge on any atom is 0.336 e. The van der Waals surface area contributed by atoms with Gasteiger partial charge in [0.1, 0.15) is 5.82 Å². The first-order chi connectivity index (χ1) is 8.61. The Morgan fingerprint density at radius 1 is 1.67 bits per heavy atom. The Kier molecular flexibility index (Phi) is 4.19. The standard InChI is InChI=1S/C12H15BrN2O3/c1-8-5-9(13)6-14-11(8)15-3-4-18-10(7-15)12(16)17-2/h5-6,10H,3-4,7H2,1-2H3. The van der Waals surface area contributed by atoms with Gasteiger partial charge in [-0.1, -0.05) is 0 Å². The summed E-state index contributed by atoms with van der Waals surface area (Å²) < 4.78 is 11.0. The van der Waals surface area contributed by atoms with Crippen molar-refractivity contribution in [2.24, 2.45) is 0 Å². The van der Waals surface area contributed by atoms with Crippen LogP contribution in [0.5, 0.6) is 0 Å². The molecule has 0 aliphatic carbocycles. The molecule has 1 unspecified atom stereocenters. The molecule has 1 aromatic heterocycles. The van der Waals surface area contributed by atoms with E-state index in [0.717, 1.165) is 22.4 Å². The lowest BCUT2D eigenvalue weighted by Crippen LogP contribution is -2.47. The van der Waals surface area contributed by atoms with Crippen molar-refractivity contribution in [2.45, 2.75) is 13.0 Å². The number of aryl methyl sites for hydroxylation is 1. The number of anilines is 1. The number of pyridine rings is 1. The number of hydrogen-bond donors (Lipinski definition) is 0. The largest absolute Gasteiger partial charge is 0.467 e. The maximum atomic E-state index is 11.5. The molecular formula is C12H15BrN2O3. The number of halogens is 1. The van der Waals surface area contributed by atoms with Gasteiger partial charge in [-0.25, -0.2) is 9.78 Å². The third kappa shape index (κ3) is 2.81. The van der Waals surface area contributed by atoms with Crippen LogP contribution in [0.2, 0.25) is 0 Å². The molecule has 98 valence electrons. The predicted octanol–water partition coefficient (Wildman–Crippen LogP) is 1.53. The number of carbonyl (C=O) groups excluding carboxylic acids is 1. The molecule has 1 aromatic rings. The number of morpholine rings is 1. The second kappa shape index (κ2) is 5.67. The second-order valence-electron chi connectivity index (χ2n) is 4.12. The van der Waals surface area contributed by atoms with Crippen molar-refractivity contribution in [3.8, 4) is 0 Å². The number of hydrogen-bond acceptors (Lipinski definition) is 5. The fraction of sp³-hybridized carbons (Fsp3) is 0.500. The molecule has 0 aromatic carbocycles. The third-order valence-electron chi connectivity index (χ3n) is 2.85.